The number of ether oxygens (including phenoxy) is 6. The Hall–Kier alpha value is -4.06. The van der Waals surface area contributed by atoms with Crippen molar-refractivity contribution in [3.8, 4) is 5.75 Å². The summed E-state index contributed by atoms with van der Waals surface area (Å²) in [6.45, 7) is 17.6. The van der Waals surface area contributed by atoms with E-state index in [2.05, 4.69) is 24.5 Å². The van der Waals surface area contributed by atoms with Crippen LogP contribution < -0.4 is 4.74 Å². The zero-order chi connectivity index (χ0) is 40.1. The SMILES string of the molecule is C=C(C)C(=O)OC.C=C/C(=C\C=C(/C)OC)OC(=O)c1ccc(OCCCCCCO)cc1.C=CC(=O)OCCCCCCOC(/C=C\CC=O)=C/C.[Y]. The normalized spacial score (nSPS) is 10.9. The molecule has 0 aliphatic carbocycles. The van der Waals surface area contributed by atoms with Crippen LogP contribution in [0.25, 0.3) is 0 Å². The summed E-state index contributed by atoms with van der Waals surface area (Å²) in [5.41, 5.74) is 0.864. The van der Waals surface area contributed by atoms with Crippen LogP contribution >= 0.6 is 0 Å². The molecule has 0 aromatic heterocycles. The number of esters is 3. The Bertz CT molecular complexity index is 1340. The van der Waals surface area contributed by atoms with E-state index in [-0.39, 0.29) is 51.3 Å². The number of unbranched alkanes of at least 4 members (excludes halogenated alkanes) is 6. The predicted octanol–water partition coefficient (Wildman–Crippen LogP) is 8.47. The van der Waals surface area contributed by atoms with E-state index in [1.807, 2.05) is 19.1 Å². The van der Waals surface area contributed by atoms with Crippen LogP contribution in [0.15, 0.2) is 109 Å². The van der Waals surface area contributed by atoms with E-state index >= 15 is 0 Å². The molecule has 0 saturated heterocycles. The largest absolute Gasteiger partial charge is 0.501 e. The van der Waals surface area contributed by atoms with Gasteiger partial charge >= 0.3 is 17.9 Å². The molecule has 1 rings (SSSR count). The summed E-state index contributed by atoms with van der Waals surface area (Å²) in [7, 11) is 2.90. The molecule has 0 amide bonds. The van der Waals surface area contributed by atoms with Crippen LogP contribution in [0.1, 0.15) is 88.9 Å². The van der Waals surface area contributed by atoms with Gasteiger partial charge in [-0.1, -0.05) is 32.2 Å². The van der Waals surface area contributed by atoms with Gasteiger partial charge in [0, 0.05) is 57.4 Å². The fraction of sp³-hybridized carbons (Fsp3) is 0.429. The second kappa shape index (κ2) is 38.7. The van der Waals surface area contributed by atoms with Crippen molar-refractivity contribution in [1.29, 1.82) is 0 Å². The Morgan fingerprint density at radius 2 is 1.37 bits per heavy atom. The molecule has 1 radical (unpaired) electrons. The molecule has 0 aliphatic rings. The first-order valence-electron chi connectivity index (χ1n) is 17.6. The van der Waals surface area contributed by atoms with Crippen molar-refractivity contribution in [3.05, 3.63) is 115 Å². The minimum Gasteiger partial charge on any atom is -0.501 e. The van der Waals surface area contributed by atoms with Gasteiger partial charge in [0.25, 0.3) is 0 Å². The summed E-state index contributed by atoms with van der Waals surface area (Å²) >= 11 is 0. The summed E-state index contributed by atoms with van der Waals surface area (Å²) < 4.78 is 30.7. The summed E-state index contributed by atoms with van der Waals surface area (Å²) in [4.78, 5) is 43.3. The monoisotopic (exact) mass is 829 g/mol. The van der Waals surface area contributed by atoms with Gasteiger partial charge in [0.2, 0.25) is 0 Å². The number of methoxy groups -OCH3 is 2. The number of hydrogen-bond acceptors (Lipinski definition) is 11. The third kappa shape index (κ3) is 32.6. The van der Waals surface area contributed by atoms with Crippen molar-refractivity contribution in [3.63, 3.8) is 0 Å². The standard InChI is InChI=1S/C21H28O5.C16H24O4.C5H8O2.Y/c1-4-19(12-9-17(2)24-3)26-21(23)18-10-13-20(14-11-18)25-16-8-6-5-7-15-22;1-3-15(11-7-8-12-17)19-13-9-5-6-10-14-20-16(18)4-2;1-4(2)5(6)7-3;/h4,9-14,22H,1,5-8,15-16H2,2-3H3;3-4,7,11-12H,2,5-6,8-10,13-14H2,1H3;1H2,2-3H3;/b17-9+,19-12+;11-7-,15-3+;;. The topological polar surface area (TPSA) is 144 Å². The molecule has 0 fully saturated rings. The first-order valence-corrected chi connectivity index (χ1v) is 17.6. The molecular formula is C42H60O11Y. The molecule has 11 nitrogen and oxygen atoms in total. The molecule has 1 N–H and O–H groups in total. The van der Waals surface area contributed by atoms with E-state index in [1.54, 1.807) is 63.5 Å². The predicted molar refractivity (Wildman–Crippen MR) is 208 cm³/mol. The second-order valence-electron chi connectivity index (χ2n) is 11.1. The van der Waals surface area contributed by atoms with E-state index < -0.39 is 5.97 Å². The first kappa shape index (κ1) is 54.3. The van der Waals surface area contributed by atoms with Crippen LogP contribution in [0.4, 0.5) is 0 Å². The number of carbonyl (C=O) groups excluding carboxylic acids is 4. The summed E-state index contributed by atoms with van der Waals surface area (Å²) in [5, 5.41) is 8.72. The van der Waals surface area contributed by atoms with E-state index in [0.29, 0.717) is 54.6 Å². The van der Waals surface area contributed by atoms with Gasteiger partial charge in [-0.2, -0.15) is 0 Å². The number of hydrogen-bond donors (Lipinski definition) is 1. The van der Waals surface area contributed by atoms with Gasteiger partial charge in [-0.25, -0.2) is 14.4 Å². The van der Waals surface area contributed by atoms with Crippen LogP contribution in [0, 0.1) is 0 Å². The number of rotatable bonds is 25. The molecule has 0 spiro atoms. The van der Waals surface area contributed by atoms with E-state index in [9.17, 15) is 19.2 Å². The fourth-order valence-corrected chi connectivity index (χ4v) is 3.64. The van der Waals surface area contributed by atoms with E-state index in [1.165, 1.54) is 19.3 Å². The Morgan fingerprint density at radius 3 is 1.85 bits per heavy atom. The van der Waals surface area contributed by atoms with Gasteiger partial charge in [0.05, 0.1) is 45.4 Å². The van der Waals surface area contributed by atoms with Crippen molar-refractivity contribution >= 4 is 24.2 Å². The van der Waals surface area contributed by atoms with Crippen LogP contribution in [0.5, 0.6) is 5.75 Å². The first-order chi connectivity index (χ1) is 25.5. The molecule has 1 aromatic carbocycles. The zero-order valence-corrected chi connectivity index (χ0v) is 35.7. The summed E-state index contributed by atoms with van der Waals surface area (Å²) in [6, 6.07) is 6.83. The number of aldehydes is 1. The van der Waals surface area contributed by atoms with Gasteiger partial charge in [0.1, 0.15) is 23.6 Å². The van der Waals surface area contributed by atoms with Gasteiger partial charge in [-0.15, -0.1) is 0 Å². The third-order valence-electron chi connectivity index (χ3n) is 6.68. The number of aliphatic hydroxyl groups excluding tert-OH is 1. The Labute approximate surface area is 347 Å². The van der Waals surface area contributed by atoms with Crippen LogP contribution in [0.3, 0.4) is 0 Å². The number of aliphatic hydroxyl groups is 1. The third-order valence-corrected chi connectivity index (χ3v) is 6.68. The maximum Gasteiger partial charge on any atom is 0.343 e. The molecular weight excluding hydrogens is 769 g/mol. The zero-order valence-electron chi connectivity index (χ0n) is 32.8. The Balaban J connectivity index is -0.000000824. The van der Waals surface area contributed by atoms with Crippen molar-refractivity contribution in [2.45, 2.75) is 78.6 Å². The molecule has 12 heteroatoms. The molecule has 0 aliphatic heterocycles. The quantitative estimate of drug-likeness (QED) is 0.0193. The molecule has 54 heavy (non-hydrogen) atoms. The minimum absolute atomic E-state index is 0. The van der Waals surface area contributed by atoms with Gasteiger partial charge < -0.3 is 38.3 Å². The van der Waals surface area contributed by atoms with Crippen LogP contribution in [-0.4, -0.2) is 69.9 Å². The van der Waals surface area contributed by atoms with E-state index in [4.69, 9.17) is 28.8 Å². The van der Waals surface area contributed by atoms with Crippen molar-refractivity contribution in [2.75, 3.05) is 40.6 Å². The fourth-order valence-electron chi connectivity index (χ4n) is 3.64. The molecule has 0 unspecified atom stereocenters. The molecule has 0 bridgehead atoms. The van der Waals surface area contributed by atoms with Crippen LogP contribution in [-0.2, 0) is 70.8 Å². The number of allylic oxidation sites excluding steroid dienone is 7. The average Bonchev–Trinajstić information content (AvgIpc) is 3.17. The van der Waals surface area contributed by atoms with E-state index in [0.717, 1.165) is 63.4 Å². The van der Waals surface area contributed by atoms with Crippen LogP contribution in [0.2, 0.25) is 0 Å². The van der Waals surface area contributed by atoms with Gasteiger partial charge in [0.15, 0.2) is 0 Å². The van der Waals surface area contributed by atoms with Crippen molar-refractivity contribution in [2.24, 2.45) is 0 Å². The second-order valence-corrected chi connectivity index (χ2v) is 11.1. The number of carbonyl (C=O) groups is 4. The van der Waals surface area contributed by atoms with Gasteiger partial charge in [-0.05, 0) is 120 Å². The summed E-state index contributed by atoms with van der Waals surface area (Å²) in [5.74, 6) is 1.35. The van der Waals surface area contributed by atoms with Crippen molar-refractivity contribution < 1.29 is 85.4 Å². The minimum atomic E-state index is -0.463. The van der Waals surface area contributed by atoms with Gasteiger partial charge in [-0.3, -0.25) is 0 Å². The Morgan fingerprint density at radius 1 is 0.778 bits per heavy atom. The molecule has 0 atom stereocenters. The molecule has 0 heterocycles. The molecule has 1 aromatic rings. The maximum absolute atomic E-state index is 12.2. The maximum atomic E-state index is 12.2. The number of benzene rings is 1. The molecule has 0 saturated carbocycles. The Kier molecular flexibility index (Phi) is 38.9. The van der Waals surface area contributed by atoms with Crippen molar-refractivity contribution in [1.82, 2.24) is 0 Å². The average molecular weight is 830 g/mol. The molecule has 297 valence electrons. The smallest absolute Gasteiger partial charge is 0.343 e. The summed E-state index contributed by atoms with van der Waals surface area (Å²) in [6.07, 6.45) is 20.3.